The third-order valence-electron chi connectivity index (χ3n) is 3.01. The monoisotopic (exact) mass is 233 g/mol. The summed E-state index contributed by atoms with van der Waals surface area (Å²) in [5, 5.41) is 2.31. The third kappa shape index (κ3) is 2.08. The lowest BCUT2D eigenvalue weighted by atomic mass is 10.1. The Labute approximate surface area is 99.6 Å². The highest BCUT2D eigenvalue weighted by Crippen LogP contribution is 2.23. The minimum absolute atomic E-state index is 0.191. The van der Waals surface area contributed by atoms with E-state index in [1.165, 1.54) is 0 Å². The molecule has 1 atom stereocenters. The van der Waals surface area contributed by atoms with Gasteiger partial charge in [-0.05, 0) is 37.6 Å². The highest BCUT2D eigenvalue weighted by atomic mass is 16.2. The summed E-state index contributed by atoms with van der Waals surface area (Å²) < 4.78 is 0. The predicted molar refractivity (Wildman–Crippen MR) is 65.5 cm³/mol. The van der Waals surface area contributed by atoms with Crippen LogP contribution in [0.3, 0.4) is 0 Å². The van der Waals surface area contributed by atoms with Crippen molar-refractivity contribution in [1.82, 2.24) is 5.32 Å². The number of nitrogens with one attached hydrogen (secondary N) is 1. The highest BCUT2D eigenvalue weighted by Gasteiger charge is 2.30. The van der Waals surface area contributed by atoms with Crippen LogP contribution in [0.2, 0.25) is 0 Å². The van der Waals surface area contributed by atoms with Crippen LogP contribution >= 0.6 is 0 Å². The van der Waals surface area contributed by atoms with Gasteiger partial charge >= 0.3 is 0 Å². The number of nitrogens with zero attached hydrogens (tertiary/aromatic N) is 1. The molecular formula is C12H15N3O2. The highest BCUT2D eigenvalue weighted by molar-refractivity contribution is 6.04. The van der Waals surface area contributed by atoms with Crippen LogP contribution in [0.1, 0.15) is 12.5 Å². The van der Waals surface area contributed by atoms with Crippen molar-refractivity contribution in [3.8, 4) is 0 Å². The average molecular weight is 233 g/mol. The largest absolute Gasteiger partial charge is 0.399 e. The van der Waals surface area contributed by atoms with Crippen LogP contribution in [-0.4, -0.2) is 24.4 Å². The van der Waals surface area contributed by atoms with E-state index < -0.39 is 0 Å². The Morgan fingerprint density at radius 1 is 1.41 bits per heavy atom. The van der Waals surface area contributed by atoms with Crippen molar-refractivity contribution >= 4 is 23.2 Å². The molecule has 2 rings (SSSR count). The summed E-state index contributed by atoms with van der Waals surface area (Å²) in [5.41, 5.74) is 8.22. The molecule has 1 aliphatic heterocycles. The molecule has 0 spiro atoms. The summed E-state index contributed by atoms with van der Waals surface area (Å²) in [6, 6.07) is 5.15. The van der Waals surface area contributed by atoms with Gasteiger partial charge in [0.1, 0.15) is 6.04 Å². The lowest BCUT2D eigenvalue weighted by Gasteiger charge is -2.33. The minimum Gasteiger partial charge on any atom is -0.399 e. The maximum atomic E-state index is 11.5. The lowest BCUT2D eigenvalue weighted by molar-refractivity contribution is -0.132. The molecule has 1 unspecified atom stereocenters. The van der Waals surface area contributed by atoms with Crippen molar-refractivity contribution in [2.45, 2.75) is 19.9 Å². The van der Waals surface area contributed by atoms with E-state index in [1.54, 1.807) is 17.9 Å². The van der Waals surface area contributed by atoms with E-state index in [-0.39, 0.29) is 24.4 Å². The van der Waals surface area contributed by atoms with Gasteiger partial charge in [0.2, 0.25) is 11.8 Å². The maximum absolute atomic E-state index is 11.5. The van der Waals surface area contributed by atoms with E-state index in [2.05, 4.69) is 5.32 Å². The number of imide groups is 1. The molecule has 17 heavy (non-hydrogen) atoms. The zero-order valence-corrected chi connectivity index (χ0v) is 9.86. The number of hydrogen-bond acceptors (Lipinski definition) is 4. The molecule has 3 N–H and O–H groups in total. The standard InChI is InChI=1S/C12H15N3O2/c1-7-5-9(3-4-10(7)13)15-6-11(16)14-12(17)8(15)2/h3-5,8H,6,13H2,1-2H3,(H,14,16,17). The quantitative estimate of drug-likeness (QED) is 0.545. The Morgan fingerprint density at radius 2 is 2.12 bits per heavy atom. The zero-order valence-electron chi connectivity index (χ0n) is 9.86. The van der Waals surface area contributed by atoms with Crippen molar-refractivity contribution in [2.24, 2.45) is 0 Å². The smallest absolute Gasteiger partial charge is 0.249 e. The molecular weight excluding hydrogens is 218 g/mol. The molecule has 1 heterocycles. The van der Waals surface area contributed by atoms with E-state index >= 15 is 0 Å². The van der Waals surface area contributed by atoms with Gasteiger partial charge in [-0.15, -0.1) is 0 Å². The van der Waals surface area contributed by atoms with Gasteiger partial charge in [0.15, 0.2) is 0 Å². The average Bonchev–Trinajstić information content (AvgIpc) is 2.27. The molecule has 0 bridgehead atoms. The first-order chi connectivity index (χ1) is 7.99. The van der Waals surface area contributed by atoms with Crippen LogP contribution in [0, 0.1) is 6.92 Å². The van der Waals surface area contributed by atoms with Crippen LogP contribution in [0.15, 0.2) is 18.2 Å². The number of anilines is 2. The SMILES string of the molecule is Cc1cc(N2CC(=O)NC(=O)C2C)ccc1N. The second-order valence-electron chi connectivity index (χ2n) is 4.26. The van der Waals surface area contributed by atoms with Crippen molar-refractivity contribution in [3.63, 3.8) is 0 Å². The number of hydrogen-bond donors (Lipinski definition) is 2. The molecule has 0 saturated carbocycles. The number of nitrogen functional groups attached to an aromatic ring is 1. The van der Waals surface area contributed by atoms with E-state index in [0.717, 1.165) is 11.3 Å². The fourth-order valence-electron chi connectivity index (χ4n) is 1.87. The van der Waals surface area contributed by atoms with Gasteiger partial charge in [0.25, 0.3) is 0 Å². The van der Waals surface area contributed by atoms with Gasteiger partial charge in [-0.1, -0.05) is 0 Å². The summed E-state index contributed by atoms with van der Waals surface area (Å²) in [5.74, 6) is -0.543. The van der Waals surface area contributed by atoms with Gasteiger partial charge in [-0.25, -0.2) is 0 Å². The first kappa shape index (κ1) is 11.4. The van der Waals surface area contributed by atoms with E-state index in [4.69, 9.17) is 5.73 Å². The molecule has 0 aromatic heterocycles. The number of aryl methyl sites for hydroxylation is 1. The van der Waals surface area contributed by atoms with Gasteiger partial charge in [0, 0.05) is 11.4 Å². The molecule has 0 radical (unpaired) electrons. The van der Waals surface area contributed by atoms with Gasteiger partial charge in [-0.2, -0.15) is 0 Å². The Hall–Kier alpha value is -2.04. The zero-order chi connectivity index (χ0) is 12.6. The van der Waals surface area contributed by atoms with Crippen molar-refractivity contribution in [2.75, 3.05) is 17.2 Å². The molecule has 1 aliphatic rings. The molecule has 0 aliphatic carbocycles. The van der Waals surface area contributed by atoms with Crippen LogP contribution in [0.25, 0.3) is 0 Å². The lowest BCUT2D eigenvalue weighted by Crippen LogP contribution is -2.57. The number of benzene rings is 1. The van der Waals surface area contributed by atoms with Crippen LogP contribution in [-0.2, 0) is 9.59 Å². The Bertz CT molecular complexity index is 485. The van der Waals surface area contributed by atoms with Crippen LogP contribution in [0.5, 0.6) is 0 Å². The maximum Gasteiger partial charge on any atom is 0.249 e. The molecule has 1 aromatic rings. The second kappa shape index (κ2) is 4.08. The first-order valence-electron chi connectivity index (χ1n) is 5.45. The fourth-order valence-corrected chi connectivity index (χ4v) is 1.87. The molecule has 90 valence electrons. The van der Waals surface area contributed by atoms with Crippen molar-refractivity contribution in [3.05, 3.63) is 23.8 Å². The number of rotatable bonds is 1. The molecule has 1 fully saturated rings. The van der Waals surface area contributed by atoms with Gasteiger partial charge < -0.3 is 10.6 Å². The van der Waals surface area contributed by atoms with Crippen molar-refractivity contribution < 1.29 is 9.59 Å². The number of nitrogens with two attached hydrogens (primary N) is 1. The summed E-state index contributed by atoms with van der Waals surface area (Å²) in [6.45, 7) is 3.86. The summed E-state index contributed by atoms with van der Waals surface area (Å²) in [7, 11) is 0. The normalized spacial score (nSPS) is 20.4. The summed E-state index contributed by atoms with van der Waals surface area (Å²) >= 11 is 0. The Kier molecular flexibility index (Phi) is 2.75. The number of amides is 2. The number of carbonyl (C=O) groups is 2. The molecule has 1 saturated heterocycles. The Balaban J connectivity index is 2.34. The van der Waals surface area contributed by atoms with Crippen LogP contribution < -0.4 is 16.0 Å². The van der Waals surface area contributed by atoms with E-state index in [0.29, 0.717) is 5.69 Å². The molecule has 5 heteroatoms. The predicted octanol–water partition coefficient (Wildman–Crippen LogP) is 0.429. The topological polar surface area (TPSA) is 75.4 Å². The van der Waals surface area contributed by atoms with E-state index in [9.17, 15) is 9.59 Å². The van der Waals surface area contributed by atoms with E-state index in [1.807, 2.05) is 19.1 Å². The number of carbonyl (C=O) groups excluding carboxylic acids is 2. The molecule has 5 nitrogen and oxygen atoms in total. The summed E-state index contributed by atoms with van der Waals surface area (Å²) in [6.07, 6.45) is 0. The second-order valence-corrected chi connectivity index (χ2v) is 4.26. The first-order valence-corrected chi connectivity index (χ1v) is 5.45. The van der Waals surface area contributed by atoms with Gasteiger partial charge in [-0.3, -0.25) is 14.9 Å². The molecule has 2 amide bonds. The minimum atomic E-state index is -0.351. The summed E-state index contributed by atoms with van der Waals surface area (Å²) in [4.78, 5) is 24.7. The Morgan fingerprint density at radius 3 is 2.76 bits per heavy atom. The molecule has 1 aromatic carbocycles. The van der Waals surface area contributed by atoms with Crippen molar-refractivity contribution in [1.29, 1.82) is 0 Å². The number of piperazine rings is 1. The van der Waals surface area contributed by atoms with Crippen LogP contribution in [0.4, 0.5) is 11.4 Å². The fraction of sp³-hybridized carbons (Fsp3) is 0.333. The van der Waals surface area contributed by atoms with Gasteiger partial charge in [0.05, 0.1) is 6.54 Å². The third-order valence-corrected chi connectivity index (χ3v) is 3.01.